The maximum absolute atomic E-state index is 13.7. The van der Waals surface area contributed by atoms with Gasteiger partial charge < -0.3 is 14.8 Å². The Morgan fingerprint density at radius 3 is 2.07 bits per heavy atom. The van der Waals surface area contributed by atoms with Gasteiger partial charge in [0, 0.05) is 24.1 Å². The molecular formula is C47H71ClN6O5S. The molecule has 9 rings (SSSR count). The Labute approximate surface area is 363 Å². The maximum Gasteiger partial charge on any atom is 0.267 e. The number of rotatable bonds is 24. The van der Waals surface area contributed by atoms with E-state index in [0.29, 0.717) is 30.9 Å². The van der Waals surface area contributed by atoms with Crippen LogP contribution in [0.4, 0.5) is 5.69 Å². The summed E-state index contributed by atoms with van der Waals surface area (Å²) in [6.07, 6.45) is 27.2. The number of unbranched alkanes of at least 4 members (excludes halogenated alkanes) is 10. The molecule has 13 heteroatoms. The molecule has 5 saturated carbocycles. The van der Waals surface area contributed by atoms with E-state index in [-0.39, 0.29) is 23.2 Å². The van der Waals surface area contributed by atoms with Crippen LogP contribution in [0.2, 0.25) is 5.02 Å². The number of halogens is 1. The molecule has 1 amide bonds. The number of aromatic amines is 1. The summed E-state index contributed by atoms with van der Waals surface area (Å²) >= 11 is 7.06. The van der Waals surface area contributed by atoms with Crippen molar-refractivity contribution in [2.24, 2.45) is 17.8 Å². The summed E-state index contributed by atoms with van der Waals surface area (Å²) in [6.45, 7) is 4.86. The van der Waals surface area contributed by atoms with E-state index in [1.54, 1.807) is 24.3 Å². The number of fused-ring (bicyclic) bond motifs is 1. The van der Waals surface area contributed by atoms with Crippen molar-refractivity contribution in [3.8, 4) is 5.75 Å². The second-order valence-corrected chi connectivity index (χ2v) is 21.9. The van der Waals surface area contributed by atoms with E-state index in [1.807, 2.05) is 11.6 Å². The molecule has 332 valence electrons. The number of hydrogen-bond donors (Lipinski definition) is 3. The first-order valence-electron chi connectivity index (χ1n) is 23.9. The normalized spacial score (nSPS) is 29.6. The number of anilines is 1. The summed E-state index contributed by atoms with van der Waals surface area (Å²) in [4.78, 5) is 18.6. The van der Waals surface area contributed by atoms with E-state index < -0.39 is 21.2 Å². The van der Waals surface area contributed by atoms with Crippen LogP contribution in [0.5, 0.6) is 5.75 Å². The van der Waals surface area contributed by atoms with Gasteiger partial charge in [-0.2, -0.15) is 4.63 Å². The molecule has 0 radical (unpaired) electrons. The highest BCUT2D eigenvalue weighted by Gasteiger charge is 2.68. The number of H-pyrrole nitrogens is 1. The average molecular weight is 868 g/mol. The van der Waals surface area contributed by atoms with Gasteiger partial charge in [0.1, 0.15) is 10.8 Å². The topological polar surface area (TPSA) is 140 Å². The second kappa shape index (κ2) is 18.9. The molecule has 1 aliphatic heterocycles. The third-order valence-electron chi connectivity index (χ3n) is 15.1. The Bertz CT molecular complexity index is 1970. The maximum atomic E-state index is 13.7. The summed E-state index contributed by atoms with van der Waals surface area (Å²) in [5.74, 6) is 3.95. The molecule has 3 N–H and O–H groups in total. The van der Waals surface area contributed by atoms with E-state index in [0.717, 1.165) is 92.0 Å². The zero-order valence-corrected chi connectivity index (χ0v) is 38.0. The van der Waals surface area contributed by atoms with Gasteiger partial charge in [-0.25, -0.2) is 13.4 Å². The molecule has 6 aliphatic rings. The zero-order valence-electron chi connectivity index (χ0n) is 36.4. The smallest absolute Gasteiger partial charge is 0.267 e. The Kier molecular flexibility index (Phi) is 13.8. The fourth-order valence-corrected chi connectivity index (χ4v) is 13.9. The molecule has 1 spiro atoms. The minimum atomic E-state index is -3.42. The van der Waals surface area contributed by atoms with Crippen LogP contribution in [0.15, 0.2) is 24.3 Å². The first-order valence-corrected chi connectivity index (χ1v) is 26.0. The van der Waals surface area contributed by atoms with Gasteiger partial charge in [0.25, 0.3) is 5.91 Å². The van der Waals surface area contributed by atoms with E-state index in [1.165, 1.54) is 95.6 Å². The summed E-state index contributed by atoms with van der Waals surface area (Å²) in [6, 6.07) is 7.04. The fraction of sp³-hybridized carbons (Fsp3) is 0.766. The van der Waals surface area contributed by atoms with Gasteiger partial charge in [-0.1, -0.05) is 89.7 Å². The molecule has 1 atom stereocenters. The molecule has 60 heavy (non-hydrogen) atoms. The fourth-order valence-electron chi connectivity index (χ4n) is 12.3. The predicted molar refractivity (Wildman–Crippen MR) is 238 cm³/mol. The number of sulfonamides is 1. The molecular weight excluding hydrogens is 796 g/mol. The highest BCUT2D eigenvalue weighted by atomic mass is 35.5. The van der Waals surface area contributed by atoms with Gasteiger partial charge in [-0.15, -0.1) is 5.10 Å². The molecule has 1 unspecified atom stereocenters. The molecule has 6 fully saturated rings. The van der Waals surface area contributed by atoms with Crippen molar-refractivity contribution in [3.63, 3.8) is 0 Å². The molecule has 11 nitrogen and oxygen atoms in total. The highest BCUT2D eigenvalue weighted by Crippen LogP contribution is 2.61. The van der Waals surface area contributed by atoms with Gasteiger partial charge >= 0.3 is 0 Å². The zero-order chi connectivity index (χ0) is 41.8. The monoisotopic (exact) mass is 866 g/mol. The Morgan fingerprint density at radius 2 is 1.47 bits per heavy atom. The van der Waals surface area contributed by atoms with Crippen molar-refractivity contribution in [3.05, 3.63) is 40.8 Å². The summed E-state index contributed by atoms with van der Waals surface area (Å²) in [7, 11) is -3.42. The molecule has 1 aromatic carbocycles. The van der Waals surface area contributed by atoms with Crippen LogP contribution in [-0.2, 0) is 31.4 Å². The minimum absolute atomic E-state index is 0.0453. The van der Waals surface area contributed by atoms with Gasteiger partial charge in [0.2, 0.25) is 15.6 Å². The number of carbonyl (C=O) groups excluding carboxylic acids is 1. The SMILES string of the molecule is CCCCCCCCCCCCC1(Oc2ccc(NS(=O)(=O)CCCC)cc2)C(=O)NC12CCC(OCCCc1nc3c(Cl)c(C45CC6CC(CC(C6)C4)C5)[nH]n3n1)CC2. The lowest BCUT2D eigenvalue weighted by molar-refractivity contribution is -0.180. The van der Waals surface area contributed by atoms with E-state index >= 15 is 0 Å². The third kappa shape index (κ3) is 9.41. The van der Waals surface area contributed by atoms with Crippen molar-refractivity contribution < 1.29 is 22.7 Å². The van der Waals surface area contributed by atoms with Crippen LogP contribution < -0.4 is 14.8 Å². The van der Waals surface area contributed by atoms with E-state index in [4.69, 9.17) is 31.2 Å². The van der Waals surface area contributed by atoms with Gasteiger partial charge in [0.15, 0.2) is 11.5 Å². The lowest BCUT2D eigenvalue weighted by Gasteiger charge is -2.60. The summed E-state index contributed by atoms with van der Waals surface area (Å²) < 4.78 is 42.8. The molecule has 1 saturated heterocycles. The number of aromatic nitrogens is 4. The number of amides is 1. The highest BCUT2D eigenvalue weighted by molar-refractivity contribution is 7.92. The molecule has 5 aliphatic carbocycles. The van der Waals surface area contributed by atoms with Crippen molar-refractivity contribution in [1.29, 1.82) is 0 Å². The minimum Gasteiger partial charge on any atom is -0.475 e. The lowest BCUT2D eigenvalue weighted by Crippen LogP contribution is -2.84. The molecule has 3 heterocycles. The first kappa shape index (κ1) is 43.8. The number of nitrogens with one attached hydrogen (secondary N) is 3. The van der Waals surface area contributed by atoms with Crippen molar-refractivity contribution in [2.45, 2.75) is 197 Å². The van der Waals surface area contributed by atoms with E-state index in [9.17, 15) is 13.2 Å². The molecule has 2 aromatic heterocycles. The average Bonchev–Trinajstić information content (AvgIpc) is 3.78. The van der Waals surface area contributed by atoms with E-state index in [2.05, 4.69) is 22.1 Å². The number of aryl methyl sites for hydroxylation is 1. The summed E-state index contributed by atoms with van der Waals surface area (Å²) in [5, 5.41) is 12.5. The lowest BCUT2D eigenvalue weighted by atomic mass is 9.49. The Hall–Kier alpha value is -2.83. The van der Waals surface area contributed by atoms with Crippen LogP contribution in [0.1, 0.15) is 179 Å². The first-order chi connectivity index (χ1) is 29.0. The van der Waals surface area contributed by atoms with Gasteiger partial charge in [-0.05, 0) is 132 Å². The largest absolute Gasteiger partial charge is 0.475 e. The van der Waals surface area contributed by atoms with Crippen LogP contribution in [0.3, 0.4) is 0 Å². The number of β-lactam (4-membered cyclic amide) rings is 1. The van der Waals surface area contributed by atoms with Crippen LogP contribution >= 0.6 is 11.6 Å². The van der Waals surface area contributed by atoms with Crippen molar-refractivity contribution in [2.75, 3.05) is 17.1 Å². The molecule has 4 bridgehead atoms. The van der Waals surface area contributed by atoms with Crippen LogP contribution in [0, 0.1) is 17.8 Å². The number of ether oxygens (including phenoxy) is 2. The van der Waals surface area contributed by atoms with Crippen LogP contribution in [0.25, 0.3) is 5.65 Å². The van der Waals surface area contributed by atoms with Gasteiger partial charge in [-0.3, -0.25) is 14.6 Å². The summed E-state index contributed by atoms with van der Waals surface area (Å²) in [5.41, 5.74) is 1.17. The predicted octanol–water partition coefficient (Wildman–Crippen LogP) is 10.6. The van der Waals surface area contributed by atoms with Crippen molar-refractivity contribution >= 4 is 38.9 Å². The van der Waals surface area contributed by atoms with Gasteiger partial charge in [0.05, 0.1) is 23.1 Å². The molecule has 3 aromatic rings. The van der Waals surface area contributed by atoms with Crippen LogP contribution in [-0.4, -0.2) is 63.7 Å². The van der Waals surface area contributed by atoms with Crippen molar-refractivity contribution in [1.82, 2.24) is 25.1 Å². The second-order valence-electron chi connectivity index (χ2n) is 19.6. The number of carbonyl (C=O) groups is 1. The number of benzene rings is 1. The number of hydrogen-bond acceptors (Lipinski definition) is 7. The quantitative estimate of drug-likeness (QED) is 0.0602. The Balaban J connectivity index is 0.840. The third-order valence-corrected chi connectivity index (χ3v) is 16.8. The standard InChI is InChI=1S/C47H71ClN6O5S/c1-3-5-7-8-9-10-11-12-13-14-23-47(59-39-19-17-37(18-20-39)53-60(56,57)27-6-4-2)44(55)50-46(47)24-21-38(22-25-46)58-26-15-16-40-49-43-41(48)42(52-54(43)51-40)45-31-34-28-35(32-45)30-36(29-34)33-45/h17-20,34-36,38,52-53H,3-16,21-33H2,1-2H3,(H,50,55). The Morgan fingerprint density at radius 1 is 0.850 bits per heavy atom. The number of nitrogens with zero attached hydrogens (tertiary/aromatic N) is 3.